The molecule has 6 nitrogen and oxygen atoms in total. The van der Waals surface area contributed by atoms with Crippen LogP contribution in [0.25, 0.3) is 11.0 Å². The molecule has 3 N–H and O–H groups in total. The van der Waals surface area contributed by atoms with Crippen molar-refractivity contribution in [1.82, 2.24) is 0 Å². The number of hydrogen-bond donors (Lipinski definition) is 2. The quantitative estimate of drug-likeness (QED) is 0.721. The van der Waals surface area contributed by atoms with E-state index < -0.39 is 11.8 Å². The zero-order valence-electron chi connectivity index (χ0n) is 12.8. The van der Waals surface area contributed by atoms with Crippen LogP contribution in [0.1, 0.15) is 38.2 Å². The third kappa shape index (κ3) is 2.77. The number of ketones is 1. The maximum Gasteiger partial charge on any atom is 0.286 e. The molecule has 0 radical (unpaired) electrons. The first kappa shape index (κ1) is 15.5. The van der Waals surface area contributed by atoms with Crippen LogP contribution in [0.4, 0.5) is 5.69 Å². The second-order valence-electron chi connectivity index (χ2n) is 5.25. The highest BCUT2D eigenvalue weighted by Gasteiger charge is 2.20. The Balaban J connectivity index is 1.97. The number of hydrogen-bond acceptors (Lipinski definition) is 4. The van der Waals surface area contributed by atoms with Crippen LogP contribution >= 0.6 is 0 Å². The number of anilines is 1. The molecule has 24 heavy (non-hydrogen) atoms. The van der Waals surface area contributed by atoms with E-state index >= 15 is 0 Å². The highest BCUT2D eigenvalue weighted by atomic mass is 16.3. The van der Waals surface area contributed by atoms with Gasteiger partial charge in [0.05, 0.1) is 0 Å². The van der Waals surface area contributed by atoms with Crippen molar-refractivity contribution < 1.29 is 18.8 Å². The van der Waals surface area contributed by atoms with Gasteiger partial charge in [0, 0.05) is 16.5 Å². The van der Waals surface area contributed by atoms with Crippen molar-refractivity contribution in [3.05, 3.63) is 65.4 Å². The third-order valence-corrected chi connectivity index (χ3v) is 3.61. The number of para-hydroxylation sites is 1. The fraction of sp³-hybridized carbons (Fsp3) is 0.0556. The number of rotatable bonds is 4. The monoisotopic (exact) mass is 322 g/mol. The van der Waals surface area contributed by atoms with Crippen LogP contribution in [-0.4, -0.2) is 17.6 Å². The molecule has 1 heterocycles. The van der Waals surface area contributed by atoms with E-state index in [1.54, 1.807) is 36.4 Å². The molecule has 0 saturated carbocycles. The summed E-state index contributed by atoms with van der Waals surface area (Å²) < 4.78 is 5.41. The average Bonchev–Trinajstić information content (AvgIpc) is 2.94. The molecule has 3 aromatic rings. The summed E-state index contributed by atoms with van der Waals surface area (Å²) in [6, 6.07) is 13.1. The van der Waals surface area contributed by atoms with Gasteiger partial charge >= 0.3 is 0 Å². The normalized spacial score (nSPS) is 10.5. The lowest BCUT2D eigenvalue weighted by molar-refractivity contribution is 0.0975. The van der Waals surface area contributed by atoms with E-state index in [1.165, 1.54) is 19.1 Å². The lowest BCUT2D eigenvalue weighted by Gasteiger charge is -2.05. The van der Waals surface area contributed by atoms with Crippen molar-refractivity contribution in [3.63, 3.8) is 0 Å². The van der Waals surface area contributed by atoms with Gasteiger partial charge in [-0.3, -0.25) is 14.4 Å². The van der Waals surface area contributed by atoms with Gasteiger partial charge in [-0.15, -0.1) is 0 Å². The summed E-state index contributed by atoms with van der Waals surface area (Å²) in [4.78, 5) is 35.3. The maximum absolute atomic E-state index is 12.4. The van der Waals surface area contributed by atoms with E-state index in [0.717, 1.165) is 0 Å². The molecule has 3 rings (SSSR count). The van der Waals surface area contributed by atoms with Crippen molar-refractivity contribution in [2.45, 2.75) is 6.92 Å². The highest BCUT2D eigenvalue weighted by Crippen LogP contribution is 2.30. The summed E-state index contributed by atoms with van der Waals surface area (Å²) >= 11 is 0. The van der Waals surface area contributed by atoms with Crippen LogP contribution in [0.5, 0.6) is 0 Å². The number of nitrogens with two attached hydrogens (primary N) is 1. The number of amides is 2. The second kappa shape index (κ2) is 6.00. The van der Waals surface area contributed by atoms with E-state index in [0.29, 0.717) is 22.1 Å². The minimum absolute atomic E-state index is 0.0844. The van der Waals surface area contributed by atoms with E-state index in [4.69, 9.17) is 10.2 Å². The van der Waals surface area contributed by atoms with Crippen LogP contribution in [-0.2, 0) is 0 Å². The summed E-state index contributed by atoms with van der Waals surface area (Å²) in [5.41, 5.74) is 6.87. The fourth-order valence-corrected chi connectivity index (χ4v) is 2.39. The van der Waals surface area contributed by atoms with Crippen LogP contribution in [0.2, 0.25) is 0 Å². The third-order valence-electron chi connectivity index (χ3n) is 3.61. The SMILES string of the molecule is CC(=O)c1ccc(C(=O)Nc2c(C(N)=O)oc3ccccc23)cc1. The summed E-state index contributed by atoms with van der Waals surface area (Å²) in [7, 11) is 0. The number of carbonyl (C=O) groups excluding carboxylic acids is 3. The predicted molar refractivity (Wildman–Crippen MR) is 89.1 cm³/mol. The minimum atomic E-state index is -0.770. The second-order valence-corrected chi connectivity index (χ2v) is 5.25. The van der Waals surface area contributed by atoms with Crippen molar-refractivity contribution >= 4 is 34.3 Å². The molecular weight excluding hydrogens is 308 g/mol. The number of nitrogens with one attached hydrogen (secondary N) is 1. The number of fused-ring (bicyclic) bond motifs is 1. The molecule has 0 spiro atoms. The van der Waals surface area contributed by atoms with Gasteiger partial charge in [-0.2, -0.15) is 0 Å². The predicted octanol–water partition coefficient (Wildman–Crippen LogP) is 2.99. The van der Waals surface area contributed by atoms with Crippen molar-refractivity contribution in [2.75, 3.05) is 5.32 Å². The van der Waals surface area contributed by atoms with Gasteiger partial charge in [0.1, 0.15) is 11.3 Å². The van der Waals surface area contributed by atoms with Gasteiger partial charge < -0.3 is 15.5 Å². The molecule has 0 bridgehead atoms. The van der Waals surface area contributed by atoms with Gasteiger partial charge in [-0.1, -0.05) is 24.3 Å². The van der Waals surface area contributed by atoms with Gasteiger partial charge in [-0.25, -0.2) is 0 Å². The van der Waals surface area contributed by atoms with Crippen LogP contribution in [0, 0.1) is 0 Å². The standard InChI is InChI=1S/C18H14N2O4/c1-10(21)11-6-8-12(9-7-11)18(23)20-15-13-4-2-3-5-14(13)24-16(15)17(19)22/h2-9H,1H3,(H2,19,22)(H,20,23). The molecular formula is C18H14N2O4. The Hall–Kier alpha value is -3.41. The molecule has 1 aromatic heterocycles. The Morgan fingerprint density at radius 3 is 2.21 bits per heavy atom. The summed E-state index contributed by atoms with van der Waals surface area (Å²) in [6.45, 7) is 1.45. The largest absolute Gasteiger partial charge is 0.449 e. The topological polar surface area (TPSA) is 102 Å². The van der Waals surface area contributed by atoms with Crippen LogP contribution < -0.4 is 11.1 Å². The first-order chi connectivity index (χ1) is 11.5. The number of carbonyl (C=O) groups is 3. The van der Waals surface area contributed by atoms with E-state index in [-0.39, 0.29) is 17.2 Å². The molecule has 0 aliphatic rings. The van der Waals surface area contributed by atoms with Crippen molar-refractivity contribution in [3.8, 4) is 0 Å². The zero-order valence-corrected chi connectivity index (χ0v) is 12.8. The number of furan rings is 1. The first-order valence-electron chi connectivity index (χ1n) is 7.21. The number of primary amides is 1. The van der Waals surface area contributed by atoms with Gasteiger partial charge in [0.2, 0.25) is 5.76 Å². The molecule has 0 aliphatic carbocycles. The molecule has 2 amide bonds. The highest BCUT2D eigenvalue weighted by molar-refractivity contribution is 6.14. The van der Waals surface area contributed by atoms with Gasteiger partial charge in [0.25, 0.3) is 11.8 Å². The van der Waals surface area contributed by atoms with Crippen molar-refractivity contribution in [2.24, 2.45) is 5.73 Å². The van der Waals surface area contributed by atoms with Crippen LogP contribution in [0.15, 0.2) is 52.9 Å². The summed E-state index contributed by atoms with van der Waals surface area (Å²) in [6.07, 6.45) is 0. The molecule has 6 heteroatoms. The lowest BCUT2D eigenvalue weighted by Crippen LogP contribution is -2.17. The number of Topliss-reactive ketones (excluding diaryl/α,β-unsaturated/α-hetero) is 1. The van der Waals surface area contributed by atoms with Crippen LogP contribution in [0.3, 0.4) is 0 Å². The molecule has 2 aromatic carbocycles. The van der Waals surface area contributed by atoms with E-state index in [1.807, 2.05) is 0 Å². The van der Waals surface area contributed by atoms with Gasteiger partial charge in [-0.05, 0) is 31.2 Å². The van der Waals surface area contributed by atoms with Gasteiger partial charge in [0.15, 0.2) is 5.78 Å². The van der Waals surface area contributed by atoms with E-state index in [9.17, 15) is 14.4 Å². The molecule has 0 unspecified atom stereocenters. The molecule has 0 atom stereocenters. The maximum atomic E-state index is 12.4. The fourth-order valence-electron chi connectivity index (χ4n) is 2.39. The Morgan fingerprint density at radius 1 is 0.958 bits per heavy atom. The lowest BCUT2D eigenvalue weighted by atomic mass is 10.1. The molecule has 0 saturated heterocycles. The zero-order chi connectivity index (χ0) is 17.3. The Kier molecular flexibility index (Phi) is 3.87. The summed E-state index contributed by atoms with van der Waals surface area (Å²) in [5.74, 6) is -1.39. The molecule has 0 aliphatic heterocycles. The Bertz CT molecular complexity index is 955. The molecule has 0 fully saturated rings. The first-order valence-corrected chi connectivity index (χ1v) is 7.21. The minimum Gasteiger partial charge on any atom is -0.449 e. The Morgan fingerprint density at radius 2 is 1.58 bits per heavy atom. The summed E-state index contributed by atoms with van der Waals surface area (Å²) in [5, 5.41) is 3.24. The Labute approximate surface area is 137 Å². The smallest absolute Gasteiger partial charge is 0.286 e. The molecule has 120 valence electrons. The van der Waals surface area contributed by atoms with E-state index in [2.05, 4.69) is 5.32 Å². The van der Waals surface area contributed by atoms with Crippen molar-refractivity contribution in [1.29, 1.82) is 0 Å². The average molecular weight is 322 g/mol. The number of benzene rings is 2.